The number of anilines is 1. The Bertz CT molecular complexity index is 696. The van der Waals surface area contributed by atoms with Gasteiger partial charge in [0.05, 0.1) is 16.2 Å². The molecule has 0 saturated carbocycles. The normalized spacial score (nSPS) is 22.0. The monoisotopic (exact) mass is 337 g/mol. The van der Waals surface area contributed by atoms with Crippen molar-refractivity contribution >= 4 is 55.9 Å². The summed E-state index contributed by atoms with van der Waals surface area (Å²) in [4.78, 5) is 29.6. The van der Waals surface area contributed by atoms with Gasteiger partial charge in [-0.3, -0.25) is 9.59 Å². The smallest absolute Gasteiger partial charge is 0.287 e. The molecule has 0 aromatic heterocycles. The summed E-state index contributed by atoms with van der Waals surface area (Å²) in [6, 6.07) is 5.51. The summed E-state index contributed by atoms with van der Waals surface area (Å²) >= 11 is 4.41. The molecule has 2 N–H and O–H groups in total. The maximum atomic E-state index is 12.3. The van der Waals surface area contributed by atoms with E-state index in [0.717, 1.165) is 27.5 Å². The van der Waals surface area contributed by atoms with Gasteiger partial charge in [0.25, 0.3) is 11.8 Å². The van der Waals surface area contributed by atoms with E-state index < -0.39 is 5.91 Å². The zero-order valence-electron chi connectivity index (χ0n) is 9.81. The number of halogens is 1. The Morgan fingerprint density at radius 1 is 1.37 bits per heavy atom. The maximum Gasteiger partial charge on any atom is 0.287 e. The number of rotatable bonds is 0. The van der Waals surface area contributed by atoms with E-state index in [9.17, 15) is 9.59 Å². The van der Waals surface area contributed by atoms with E-state index in [1.807, 2.05) is 18.2 Å². The van der Waals surface area contributed by atoms with E-state index in [1.54, 1.807) is 7.05 Å². The molecule has 2 amide bonds. The number of nitrogens with two attached hydrogens (primary N) is 1. The largest absolute Gasteiger partial charge is 0.378 e. The van der Waals surface area contributed by atoms with E-state index in [4.69, 9.17) is 5.73 Å². The second-order valence-electron chi connectivity index (χ2n) is 4.09. The number of likely N-dealkylation sites (N-methyl/N-ethyl adjacent to an activating group) is 1. The Hall–Kier alpha value is -1.60. The molecule has 0 aliphatic carbocycles. The lowest BCUT2D eigenvalue weighted by Crippen LogP contribution is -2.21. The Morgan fingerprint density at radius 3 is 2.74 bits per heavy atom. The number of thioether (sulfide) groups is 1. The average molecular weight is 338 g/mol. The van der Waals surface area contributed by atoms with Crippen molar-refractivity contribution in [3.8, 4) is 0 Å². The summed E-state index contributed by atoms with van der Waals surface area (Å²) in [6.45, 7) is 0. The van der Waals surface area contributed by atoms with Crippen molar-refractivity contribution in [2.24, 2.45) is 10.7 Å². The van der Waals surface area contributed by atoms with Gasteiger partial charge in [0.1, 0.15) is 0 Å². The second kappa shape index (κ2) is 4.21. The fourth-order valence-corrected chi connectivity index (χ4v) is 3.22. The second-order valence-corrected chi connectivity index (χ2v) is 6.03. The van der Waals surface area contributed by atoms with Crippen molar-refractivity contribution in [2.75, 3.05) is 11.9 Å². The molecule has 1 aromatic rings. The zero-order chi connectivity index (χ0) is 13.7. The minimum atomic E-state index is -0.452. The van der Waals surface area contributed by atoms with Gasteiger partial charge >= 0.3 is 0 Å². The summed E-state index contributed by atoms with van der Waals surface area (Å²) in [5.74, 6) is -0.666. The molecule has 1 aromatic carbocycles. The van der Waals surface area contributed by atoms with Crippen molar-refractivity contribution in [1.82, 2.24) is 0 Å². The van der Waals surface area contributed by atoms with E-state index in [-0.39, 0.29) is 11.1 Å². The molecule has 0 radical (unpaired) electrons. The van der Waals surface area contributed by atoms with Crippen LogP contribution in [0.5, 0.6) is 0 Å². The molecule has 0 bridgehead atoms. The van der Waals surface area contributed by atoms with Crippen molar-refractivity contribution in [1.29, 1.82) is 0 Å². The molecule has 0 atom stereocenters. The molecule has 0 spiro atoms. The van der Waals surface area contributed by atoms with Crippen molar-refractivity contribution in [2.45, 2.75) is 0 Å². The third kappa shape index (κ3) is 1.81. The first kappa shape index (κ1) is 12.4. The van der Waals surface area contributed by atoms with Crippen molar-refractivity contribution in [3.05, 3.63) is 33.1 Å². The molecule has 2 aliphatic heterocycles. The number of nitrogens with zero attached hydrogens (tertiary/aromatic N) is 2. The molecule has 2 aliphatic rings. The zero-order valence-corrected chi connectivity index (χ0v) is 12.2. The van der Waals surface area contributed by atoms with Gasteiger partial charge in [-0.25, -0.2) is 0 Å². The summed E-state index contributed by atoms with van der Waals surface area (Å²) in [5.41, 5.74) is 7.41. The molecule has 96 valence electrons. The molecule has 0 saturated heterocycles. The van der Waals surface area contributed by atoms with Gasteiger partial charge < -0.3 is 10.6 Å². The van der Waals surface area contributed by atoms with Crippen LogP contribution in [0.3, 0.4) is 0 Å². The van der Waals surface area contributed by atoms with Gasteiger partial charge in [0.2, 0.25) is 0 Å². The fraction of sp³-hybridized carbons (Fsp3) is 0.0833. The Balaban J connectivity index is 2.25. The highest BCUT2D eigenvalue weighted by molar-refractivity contribution is 9.10. The van der Waals surface area contributed by atoms with Crippen LogP contribution in [0.25, 0.3) is 5.57 Å². The number of aliphatic imine (C=N–C) groups is 1. The lowest BCUT2D eigenvalue weighted by atomic mass is 10.1. The van der Waals surface area contributed by atoms with Gasteiger partial charge in [-0.05, 0) is 30.0 Å². The van der Waals surface area contributed by atoms with Gasteiger partial charge in [-0.1, -0.05) is 15.9 Å². The lowest BCUT2D eigenvalue weighted by molar-refractivity contribution is -0.115. The number of benzene rings is 1. The van der Waals surface area contributed by atoms with Gasteiger partial charge in [-0.15, -0.1) is 0 Å². The van der Waals surface area contributed by atoms with E-state index in [2.05, 4.69) is 20.9 Å². The lowest BCUT2D eigenvalue weighted by Gasteiger charge is -2.08. The maximum absolute atomic E-state index is 12.3. The number of fused-ring (bicyclic) bond motifs is 1. The Labute approximate surface area is 121 Å². The minimum Gasteiger partial charge on any atom is -0.378 e. The molecule has 0 unspecified atom stereocenters. The first-order valence-electron chi connectivity index (χ1n) is 5.37. The number of amidine groups is 1. The summed E-state index contributed by atoms with van der Waals surface area (Å²) in [7, 11) is 1.68. The number of hydrogen-bond acceptors (Lipinski definition) is 4. The molecule has 3 rings (SSSR count). The fourth-order valence-electron chi connectivity index (χ4n) is 2.09. The van der Waals surface area contributed by atoms with Crippen molar-refractivity contribution in [3.63, 3.8) is 0 Å². The van der Waals surface area contributed by atoms with E-state index in [0.29, 0.717) is 10.5 Å². The first-order chi connectivity index (χ1) is 8.99. The molecule has 0 fully saturated rings. The highest BCUT2D eigenvalue weighted by atomic mass is 79.9. The average Bonchev–Trinajstić information content (AvgIpc) is 2.78. The third-order valence-corrected chi connectivity index (χ3v) is 4.32. The van der Waals surface area contributed by atoms with Crippen molar-refractivity contribution < 1.29 is 9.59 Å². The van der Waals surface area contributed by atoms with Crippen LogP contribution in [0, 0.1) is 0 Å². The van der Waals surface area contributed by atoms with Crippen LogP contribution in [0.2, 0.25) is 0 Å². The molecular weight excluding hydrogens is 330 g/mol. The topological polar surface area (TPSA) is 75.8 Å². The van der Waals surface area contributed by atoms with Crippen LogP contribution in [-0.2, 0) is 9.59 Å². The molecule has 2 heterocycles. The quantitative estimate of drug-likeness (QED) is 0.731. The molecule has 5 nitrogen and oxygen atoms in total. The van der Waals surface area contributed by atoms with Crippen LogP contribution >= 0.6 is 27.7 Å². The van der Waals surface area contributed by atoms with Gasteiger partial charge in [0, 0.05) is 17.1 Å². The molecule has 19 heavy (non-hydrogen) atoms. The number of carbonyl (C=O) groups excluding carboxylic acids is 2. The van der Waals surface area contributed by atoms with Crippen LogP contribution in [0.4, 0.5) is 5.69 Å². The highest BCUT2D eigenvalue weighted by Gasteiger charge is 2.36. The minimum absolute atomic E-state index is 0.173. The Morgan fingerprint density at radius 2 is 2.11 bits per heavy atom. The van der Waals surface area contributed by atoms with Gasteiger partial charge in [-0.2, -0.15) is 4.99 Å². The first-order valence-corrected chi connectivity index (χ1v) is 6.98. The highest BCUT2D eigenvalue weighted by Crippen LogP contribution is 2.43. The number of carbonyl (C=O) groups is 2. The van der Waals surface area contributed by atoms with Gasteiger partial charge in [0.15, 0.2) is 5.17 Å². The number of amides is 2. The summed E-state index contributed by atoms with van der Waals surface area (Å²) < 4.78 is 0.844. The van der Waals surface area contributed by atoms with E-state index >= 15 is 0 Å². The summed E-state index contributed by atoms with van der Waals surface area (Å²) in [5, 5.41) is 0.173. The molecule has 7 heteroatoms. The summed E-state index contributed by atoms with van der Waals surface area (Å²) in [6.07, 6.45) is 0. The van der Waals surface area contributed by atoms with E-state index in [1.165, 1.54) is 4.90 Å². The van der Waals surface area contributed by atoms with Crippen LogP contribution in [0.15, 0.2) is 32.6 Å². The number of hydrogen-bond donors (Lipinski definition) is 1. The third-order valence-electron chi connectivity index (χ3n) is 2.95. The van der Waals surface area contributed by atoms with Crippen LogP contribution < -0.4 is 10.6 Å². The van der Waals surface area contributed by atoms with Crippen LogP contribution in [0.1, 0.15) is 5.56 Å². The predicted octanol–water partition coefficient (Wildman–Crippen LogP) is 1.72. The molecular formula is C12H8BrN3O2S. The predicted molar refractivity (Wildman–Crippen MR) is 78.7 cm³/mol. The SMILES string of the molecule is CN1C(=O)C(=C2SC(N)=NC2=O)c2cc(Br)ccc21. The standard InChI is InChI=1S/C12H8BrN3O2S/c1-16-7-3-2-5(13)4-6(7)8(11(16)18)9-10(17)15-12(14)19-9/h2-4H,1H3,(H2,14,15,17). The Kier molecular flexibility index (Phi) is 2.75. The van der Waals surface area contributed by atoms with Crippen LogP contribution in [-0.4, -0.2) is 24.0 Å².